The molecule has 0 saturated carbocycles. The number of aliphatic hydroxyl groups is 2. The van der Waals surface area contributed by atoms with Crippen molar-refractivity contribution in [3.63, 3.8) is 0 Å². The summed E-state index contributed by atoms with van der Waals surface area (Å²) >= 11 is 0. The van der Waals surface area contributed by atoms with E-state index in [1.54, 1.807) is 42.5 Å². The smallest absolute Gasteiger partial charge is 0.308 e. The molecule has 0 saturated heterocycles. The highest BCUT2D eigenvalue weighted by molar-refractivity contribution is 5.71. The third-order valence-corrected chi connectivity index (χ3v) is 5.93. The topological polar surface area (TPSA) is 85.2 Å². The second kappa shape index (κ2) is 11.5. The van der Waals surface area contributed by atoms with Gasteiger partial charge >= 0.3 is 5.97 Å². The largest absolute Gasteiger partial charge is 0.497 e. The Morgan fingerprint density at radius 2 is 1.69 bits per heavy atom. The van der Waals surface area contributed by atoms with Gasteiger partial charge in [-0.25, -0.2) is 4.39 Å². The van der Waals surface area contributed by atoms with Gasteiger partial charge < -0.3 is 24.4 Å². The Morgan fingerprint density at radius 1 is 0.944 bits per heavy atom. The highest BCUT2D eigenvalue weighted by Gasteiger charge is 2.27. The number of hydrogen-bond donors (Lipinski definition) is 2. The number of halogens is 1. The number of rotatable bonds is 9. The highest BCUT2D eigenvalue weighted by atomic mass is 19.1. The molecular formula is C29H33FO6. The zero-order valence-electron chi connectivity index (χ0n) is 21.2. The van der Waals surface area contributed by atoms with Crippen molar-refractivity contribution < 1.29 is 33.6 Å². The summed E-state index contributed by atoms with van der Waals surface area (Å²) in [5.41, 5.74) is 2.32. The van der Waals surface area contributed by atoms with Crippen molar-refractivity contribution in [1.82, 2.24) is 0 Å². The maximum Gasteiger partial charge on any atom is 0.308 e. The second-order valence-corrected chi connectivity index (χ2v) is 9.69. The molecule has 0 spiro atoms. The lowest BCUT2D eigenvalue weighted by atomic mass is 9.81. The monoisotopic (exact) mass is 496 g/mol. The molecule has 0 radical (unpaired) electrons. The Hall–Kier alpha value is -3.42. The first-order valence-electron chi connectivity index (χ1n) is 11.7. The van der Waals surface area contributed by atoms with Gasteiger partial charge in [-0.2, -0.15) is 0 Å². The Bertz CT molecular complexity index is 1200. The minimum atomic E-state index is -1.01. The van der Waals surface area contributed by atoms with Gasteiger partial charge in [-0.1, -0.05) is 45.0 Å². The Labute approximate surface area is 211 Å². The summed E-state index contributed by atoms with van der Waals surface area (Å²) in [5, 5.41) is 21.4. The minimum Gasteiger partial charge on any atom is -0.497 e. The van der Waals surface area contributed by atoms with Gasteiger partial charge in [-0.05, 0) is 64.1 Å². The summed E-state index contributed by atoms with van der Waals surface area (Å²) < 4.78 is 30.6. The summed E-state index contributed by atoms with van der Waals surface area (Å²) in [6.45, 7) is 5.92. The van der Waals surface area contributed by atoms with Crippen molar-refractivity contribution in [2.24, 2.45) is 5.41 Å². The first-order chi connectivity index (χ1) is 17.0. The number of benzene rings is 3. The van der Waals surface area contributed by atoms with E-state index in [1.807, 2.05) is 32.9 Å². The lowest BCUT2D eigenvalue weighted by Gasteiger charge is -2.28. The number of aliphatic hydroxyl groups excluding tert-OH is 2. The number of esters is 1. The third-order valence-electron chi connectivity index (χ3n) is 5.93. The lowest BCUT2D eigenvalue weighted by molar-refractivity contribution is -0.142. The second-order valence-electron chi connectivity index (χ2n) is 9.69. The molecule has 3 aromatic rings. The molecule has 0 aliphatic heterocycles. The number of methoxy groups -OCH3 is 2. The van der Waals surface area contributed by atoms with Crippen LogP contribution in [0, 0.1) is 11.2 Å². The lowest BCUT2D eigenvalue weighted by Crippen LogP contribution is -2.19. The van der Waals surface area contributed by atoms with Crippen LogP contribution >= 0.6 is 0 Å². The van der Waals surface area contributed by atoms with E-state index in [9.17, 15) is 19.4 Å². The zero-order valence-corrected chi connectivity index (χ0v) is 21.2. The van der Waals surface area contributed by atoms with Crippen LogP contribution < -0.4 is 9.47 Å². The molecule has 3 aromatic carbocycles. The van der Waals surface area contributed by atoms with Crippen LogP contribution in [0.5, 0.6) is 11.5 Å². The fraction of sp³-hybridized carbons (Fsp3) is 0.345. The Morgan fingerprint density at radius 3 is 2.36 bits per heavy atom. The molecule has 192 valence electrons. The van der Waals surface area contributed by atoms with E-state index in [1.165, 1.54) is 20.3 Å². The molecule has 2 atom stereocenters. The van der Waals surface area contributed by atoms with Crippen LogP contribution in [0.25, 0.3) is 11.1 Å². The maximum atomic E-state index is 14.8. The predicted molar refractivity (Wildman–Crippen MR) is 135 cm³/mol. The maximum absolute atomic E-state index is 14.8. The van der Waals surface area contributed by atoms with Crippen LogP contribution in [-0.2, 0) is 16.1 Å². The number of carbonyl (C=O) groups is 1. The first kappa shape index (κ1) is 27.2. The van der Waals surface area contributed by atoms with Crippen molar-refractivity contribution in [3.8, 4) is 22.6 Å². The molecule has 1 unspecified atom stereocenters. The average molecular weight is 497 g/mol. The van der Waals surface area contributed by atoms with Gasteiger partial charge in [0.15, 0.2) is 0 Å². The van der Waals surface area contributed by atoms with E-state index in [4.69, 9.17) is 9.47 Å². The van der Waals surface area contributed by atoms with Crippen LogP contribution in [0.3, 0.4) is 0 Å². The van der Waals surface area contributed by atoms with Gasteiger partial charge in [0.05, 0.1) is 32.8 Å². The van der Waals surface area contributed by atoms with Crippen molar-refractivity contribution in [3.05, 3.63) is 83.2 Å². The van der Waals surface area contributed by atoms with Gasteiger partial charge in [-0.3, -0.25) is 4.79 Å². The van der Waals surface area contributed by atoms with Crippen molar-refractivity contribution >= 4 is 5.97 Å². The van der Waals surface area contributed by atoms with E-state index < -0.39 is 29.4 Å². The van der Waals surface area contributed by atoms with Crippen molar-refractivity contribution in [2.45, 2.75) is 46.0 Å². The molecule has 0 aromatic heterocycles. The van der Waals surface area contributed by atoms with E-state index >= 15 is 0 Å². The highest BCUT2D eigenvalue weighted by Crippen LogP contribution is 2.40. The van der Waals surface area contributed by atoms with E-state index in [2.05, 4.69) is 4.74 Å². The predicted octanol–water partition coefficient (Wildman–Crippen LogP) is 5.76. The van der Waals surface area contributed by atoms with E-state index in [-0.39, 0.29) is 13.0 Å². The third kappa shape index (κ3) is 6.62. The standard InChI is InChI=1S/C29H33FO6/c1-29(2,3)28(33)24-13-18(9-11-22(24)23-15-20(34-4)10-12-25(23)30)17-36-21-8-6-7-19(14-21)26(31)16-27(32)35-5/h6-15,26,28,31,33H,16-17H2,1-5H3/t26-,28?/m1/s1. The fourth-order valence-electron chi connectivity index (χ4n) is 3.82. The molecule has 0 bridgehead atoms. The number of ether oxygens (including phenoxy) is 3. The van der Waals surface area contributed by atoms with Crippen LogP contribution in [0.4, 0.5) is 4.39 Å². The normalized spacial score (nSPS) is 13.1. The van der Waals surface area contributed by atoms with E-state index in [0.29, 0.717) is 33.8 Å². The molecule has 7 heteroatoms. The summed E-state index contributed by atoms with van der Waals surface area (Å²) in [4.78, 5) is 11.5. The number of carbonyl (C=O) groups excluding carboxylic acids is 1. The summed E-state index contributed by atoms with van der Waals surface area (Å²) in [7, 11) is 2.79. The van der Waals surface area contributed by atoms with Gasteiger partial charge in [0.25, 0.3) is 0 Å². The van der Waals surface area contributed by atoms with Crippen molar-refractivity contribution in [2.75, 3.05) is 14.2 Å². The Balaban J connectivity index is 1.90. The SMILES string of the molecule is COC(=O)C[C@@H](O)c1cccc(OCc2ccc(-c3cc(OC)ccc3F)c(C(O)C(C)(C)C)c2)c1. The zero-order chi connectivity index (χ0) is 26.5. The Kier molecular flexibility index (Phi) is 8.71. The molecule has 0 aliphatic rings. The van der Waals surface area contributed by atoms with E-state index in [0.717, 1.165) is 5.56 Å². The van der Waals surface area contributed by atoms with Crippen LogP contribution in [0.15, 0.2) is 60.7 Å². The molecule has 6 nitrogen and oxygen atoms in total. The van der Waals surface area contributed by atoms with Crippen LogP contribution in [-0.4, -0.2) is 30.4 Å². The fourth-order valence-corrected chi connectivity index (χ4v) is 3.82. The molecule has 0 heterocycles. The van der Waals surface area contributed by atoms with Crippen LogP contribution in [0.2, 0.25) is 0 Å². The quantitative estimate of drug-likeness (QED) is 0.367. The van der Waals surface area contributed by atoms with Gasteiger partial charge in [0.1, 0.15) is 23.9 Å². The summed E-state index contributed by atoms with van der Waals surface area (Å²) in [6.07, 6.45) is -2.03. The summed E-state index contributed by atoms with van der Waals surface area (Å²) in [5.74, 6) is 0.109. The van der Waals surface area contributed by atoms with Gasteiger partial charge in [0, 0.05) is 5.56 Å². The first-order valence-corrected chi connectivity index (χ1v) is 11.7. The van der Waals surface area contributed by atoms with Crippen LogP contribution in [0.1, 0.15) is 56.1 Å². The molecule has 3 rings (SSSR count). The average Bonchev–Trinajstić information content (AvgIpc) is 2.86. The molecule has 0 fully saturated rings. The van der Waals surface area contributed by atoms with Gasteiger partial charge in [0.2, 0.25) is 0 Å². The minimum absolute atomic E-state index is 0.156. The molecule has 36 heavy (non-hydrogen) atoms. The molecule has 0 amide bonds. The molecule has 0 aliphatic carbocycles. The molecule has 2 N–H and O–H groups in total. The van der Waals surface area contributed by atoms with Crippen molar-refractivity contribution in [1.29, 1.82) is 0 Å². The molecular weight excluding hydrogens is 463 g/mol. The summed E-state index contributed by atoms with van der Waals surface area (Å²) in [6, 6.07) is 16.8. The van der Waals surface area contributed by atoms with Gasteiger partial charge in [-0.15, -0.1) is 0 Å². The number of hydrogen-bond acceptors (Lipinski definition) is 6.